The van der Waals surface area contributed by atoms with Gasteiger partial charge in [0, 0.05) is 30.9 Å². The molecule has 0 amide bonds. The Labute approximate surface area is 133 Å². The van der Waals surface area contributed by atoms with Crippen molar-refractivity contribution in [2.24, 2.45) is 0 Å². The van der Waals surface area contributed by atoms with Gasteiger partial charge in [-0.2, -0.15) is 0 Å². The number of aromatic amines is 1. The lowest BCUT2D eigenvalue weighted by molar-refractivity contribution is 0.111. The summed E-state index contributed by atoms with van der Waals surface area (Å²) >= 11 is 0. The van der Waals surface area contributed by atoms with Gasteiger partial charge in [0.15, 0.2) is 6.29 Å². The molecule has 0 radical (unpaired) electrons. The Morgan fingerprint density at radius 2 is 1.91 bits per heavy atom. The second-order valence-electron chi connectivity index (χ2n) is 7.13. The van der Waals surface area contributed by atoms with Crippen LogP contribution in [0.3, 0.4) is 0 Å². The van der Waals surface area contributed by atoms with Crippen LogP contribution in [-0.2, 0) is 19.3 Å². The molecule has 1 aliphatic heterocycles. The number of piperazine rings is 1. The molecule has 1 aromatic heterocycles. The van der Waals surface area contributed by atoms with Gasteiger partial charge in [-0.05, 0) is 70.0 Å². The van der Waals surface area contributed by atoms with Gasteiger partial charge in [-0.1, -0.05) is 0 Å². The normalized spacial score (nSPS) is 25.9. The molecule has 1 aromatic rings. The minimum Gasteiger partial charge on any atom is -0.356 e. The van der Waals surface area contributed by atoms with E-state index in [9.17, 15) is 4.79 Å². The summed E-state index contributed by atoms with van der Waals surface area (Å²) in [7, 11) is 0. The number of hydrogen-bond donors (Lipinski definition) is 2. The van der Waals surface area contributed by atoms with Crippen molar-refractivity contribution in [1.82, 2.24) is 15.2 Å². The van der Waals surface area contributed by atoms with Gasteiger partial charge in [0.1, 0.15) is 0 Å². The third-order valence-electron chi connectivity index (χ3n) is 5.09. The number of carbonyl (C=O) groups excluding carboxylic acids is 1. The van der Waals surface area contributed by atoms with E-state index in [2.05, 4.69) is 29.0 Å². The quantitative estimate of drug-likeness (QED) is 0.821. The Balaban J connectivity index is 1.59. The molecule has 0 saturated carbocycles. The molecule has 1 fully saturated rings. The lowest BCUT2D eigenvalue weighted by Gasteiger charge is -2.36. The van der Waals surface area contributed by atoms with Crippen LogP contribution in [0.1, 0.15) is 60.4 Å². The van der Waals surface area contributed by atoms with Crippen molar-refractivity contribution >= 4 is 6.29 Å². The van der Waals surface area contributed by atoms with Crippen LogP contribution >= 0.6 is 0 Å². The summed E-state index contributed by atoms with van der Waals surface area (Å²) in [6.45, 7) is 7.92. The molecule has 1 saturated heterocycles. The fraction of sp³-hybridized carbons (Fsp3) is 0.722. The number of carbonyl (C=O) groups is 1. The Morgan fingerprint density at radius 1 is 1.18 bits per heavy atom. The first-order valence-electron chi connectivity index (χ1n) is 8.83. The van der Waals surface area contributed by atoms with Crippen molar-refractivity contribution in [2.45, 2.75) is 64.5 Å². The number of aldehydes is 1. The maximum atomic E-state index is 11.3. The Morgan fingerprint density at radius 3 is 2.64 bits per heavy atom. The smallest absolute Gasteiger partial charge is 0.166 e. The molecule has 122 valence electrons. The molecule has 22 heavy (non-hydrogen) atoms. The summed E-state index contributed by atoms with van der Waals surface area (Å²) < 4.78 is 0. The molecule has 4 nitrogen and oxygen atoms in total. The van der Waals surface area contributed by atoms with E-state index in [1.54, 1.807) is 0 Å². The molecule has 2 unspecified atom stereocenters. The number of nitrogens with one attached hydrogen (secondary N) is 2. The number of rotatable bonds is 5. The molecule has 0 spiro atoms. The molecule has 0 bridgehead atoms. The average molecular weight is 303 g/mol. The Hall–Kier alpha value is -1.13. The van der Waals surface area contributed by atoms with E-state index in [0.717, 1.165) is 57.3 Å². The third kappa shape index (κ3) is 3.44. The Kier molecular flexibility index (Phi) is 4.99. The predicted molar refractivity (Wildman–Crippen MR) is 89.6 cm³/mol. The SMILES string of the molecule is CC1CN(CCCc2c(C=O)[nH]c3c2CCCC3)CC(C)N1. The van der Waals surface area contributed by atoms with Crippen molar-refractivity contribution < 1.29 is 4.79 Å². The van der Waals surface area contributed by atoms with E-state index in [-0.39, 0.29) is 0 Å². The fourth-order valence-electron chi connectivity index (χ4n) is 4.27. The first kappa shape index (κ1) is 15.8. The van der Waals surface area contributed by atoms with Crippen molar-refractivity contribution in [3.63, 3.8) is 0 Å². The van der Waals surface area contributed by atoms with Crippen LogP contribution in [0.2, 0.25) is 0 Å². The molecular formula is C18H29N3O. The second kappa shape index (κ2) is 6.97. The van der Waals surface area contributed by atoms with E-state index in [1.165, 1.54) is 29.7 Å². The van der Waals surface area contributed by atoms with Crippen molar-refractivity contribution in [1.29, 1.82) is 0 Å². The standard InChI is InChI=1S/C18H29N3O/c1-13-10-21(11-14(2)19-13)9-5-7-16-15-6-3-4-8-17(15)20-18(16)12-22/h12-14,19-20H,3-11H2,1-2H3. The van der Waals surface area contributed by atoms with Crippen LogP contribution in [-0.4, -0.2) is 47.9 Å². The van der Waals surface area contributed by atoms with E-state index >= 15 is 0 Å². The second-order valence-corrected chi connectivity index (χ2v) is 7.13. The van der Waals surface area contributed by atoms with Gasteiger partial charge in [-0.3, -0.25) is 4.79 Å². The van der Waals surface area contributed by atoms with Gasteiger partial charge in [-0.15, -0.1) is 0 Å². The molecule has 2 aliphatic rings. The summed E-state index contributed by atoms with van der Waals surface area (Å²) in [4.78, 5) is 17.3. The van der Waals surface area contributed by atoms with Gasteiger partial charge in [0.25, 0.3) is 0 Å². The van der Waals surface area contributed by atoms with Gasteiger partial charge < -0.3 is 15.2 Å². The van der Waals surface area contributed by atoms with Crippen LogP contribution in [0.4, 0.5) is 0 Å². The van der Waals surface area contributed by atoms with Gasteiger partial charge in [0.2, 0.25) is 0 Å². The first-order chi connectivity index (χ1) is 10.7. The van der Waals surface area contributed by atoms with Crippen LogP contribution < -0.4 is 5.32 Å². The highest BCUT2D eigenvalue weighted by Gasteiger charge is 2.22. The predicted octanol–water partition coefficient (Wildman–Crippen LogP) is 2.32. The molecule has 1 aliphatic carbocycles. The highest BCUT2D eigenvalue weighted by atomic mass is 16.1. The van der Waals surface area contributed by atoms with Gasteiger partial charge in [0.05, 0.1) is 5.69 Å². The lowest BCUT2D eigenvalue weighted by Crippen LogP contribution is -2.54. The number of nitrogens with zero attached hydrogens (tertiary/aromatic N) is 1. The van der Waals surface area contributed by atoms with E-state index in [0.29, 0.717) is 12.1 Å². The van der Waals surface area contributed by atoms with Gasteiger partial charge >= 0.3 is 0 Å². The third-order valence-corrected chi connectivity index (χ3v) is 5.09. The first-order valence-corrected chi connectivity index (χ1v) is 8.83. The van der Waals surface area contributed by atoms with E-state index in [1.807, 2.05) is 0 Å². The molecule has 4 heteroatoms. The fourth-order valence-corrected chi connectivity index (χ4v) is 4.27. The summed E-state index contributed by atoms with van der Waals surface area (Å²) in [5.74, 6) is 0. The number of aryl methyl sites for hydroxylation is 1. The van der Waals surface area contributed by atoms with Crippen molar-refractivity contribution in [3.05, 3.63) is 22.5 Å². The van der Waals surface area contributed by atoms with Crippen LogP contribution in [0, 0.1) is 0 Å². The summed E-state index contributed by atoms with van der Waals surface area (Å²) in [5, 5.41) is 3.58. The zero-order valence-electron chi connectivity index (χ0n) is 14.0. The topological polar surface area (TPSA) is 48.1 Å². The lowest BCUT2D eigenvalue weighted by atomic mass is 9.92. The average Bonchev–Trinajstić information content (AvgIpc) is 2.84. The summed E-state index contributed by atoms with van der Waals surface area (Å²) in [6.07, 6.45) is 7.98. The minimum absolute atomic E-state index is 0.578. The van der Waals surface area contributed by atoms with Crippen molar-refractivity contribution in [2.75, 3.05) is 19.6 Å². The summed E-state index contributed by atoms with van der Waals surface area (Å²) in [5.41, 5.74) is 4.93. The number of aromatic nitrogens is 1. The van der Waals surface area contributed by atoms with Crippen molar-refractivity contribution in [3.8, 4) is 0 Å². The number of H-pyrrole nitrogens is 1. The molecule has 2 atom stereocenters. The zero-order chi connectivity index (χ0) is 15.5. The number of fused-ring (bicyclic) bond motifs is 1. The molecule has 2 N–H and O–H groups in total. The van der Waals surface area contributed by atoms with Crippen LogP contribution in [0.15, 0.2) is 0 Å². The Bertz CT molecular complexity index is 513. The highest BCUT2D eigenvalue weighted by Crippen LogP contribution is 2.27. The van der Waals surface area contributed by atoms with E-state index < -0.39 is 0 Å². The molecule has 2 heterocycles. The molecular weight excluding hydrogens is 274 g/mol. The number of hydrogen-bond acceptors (Lipinski definition) is 3. The maximum absolute atomic E-state index is 11.3. The maximum Gasteiger partial charge on any atom is 0.166 e. The molecule has 0 aromatic carbocycles. The monoisotopic (exact) mass is 303 g/mol. The zero-order valence-corrected chi connectivity index (χ0v) is 14.0. The van der Waals surface area contributed by atoms with Crippen LogP contribution in [0.25, 0.3) is 0 Å². The van der Waals surface area contributed by atoms with E-state index in [4.69, 9.17) is 0 Å². The highest BCUT2D eigenvalue weighted by molar-refractivity contribution is 5.76. The van der Waals surface area contributed by atoms with Crippen LogP contribution in [0.5, 0.6) is 0 Å². The largest absolute Gasteiger partial charge is 0.356 e. The van der Waals surface area contributed by atoms with Gasteiger partial charge in [-0.25, -0.2) is 0 Å². The summed E-state index contributed by atoms with van der Waals surface area (Å²) in [6, 6.07) is 1.16. The minimum atomic E-state index is 0.578. The molecule has 3 rings (SSSR count).